The van der Waals surface area contributed by atoms with Gasteiger partial charge in [-0.1, -0.05) is 109 Å². The maximum Gasteiger partial charge on any atom is 0.306 e. The van der Waals surface area contributed by atoms with E-state index in [1.165, 1.54) is 77.0 Å². The summed E-state index contributed by atoms with van der Waals surface area (Å²) in [5.41, 5.74) is 0. The molecule has 1 rings (SSSR count). The second-order valence-corrected chi connectivity index (χ2v) is 12.3. The predicted octanol–water partition coefficient (Wildman–Crippen LogP) is 6.30. The average molecular weight is 643 g/mol. The van der Waals surface area contributed by atoms with E-state index in [9.17, 15) is 25.2 Å². The van der Waals surface area contributed by atoms with Crippen molar-refractivity contribution in [3.63, 3.8) is 0 Å². The smallest absolute Gasteiger partial charge is 0.306 e. The van der Waals surface area contributed by atoms with Gasteiger partial charge in [0, 0.05) is 13.0 Å². The highest BCUT2D eigenvalue weighted by molar-refractivity contribution is 5.69. The molecule has 45 heavy (non-hydrogen) atoms. The Morgan fingerprint density at radius 1 is 0.711 bits per heavy atom. The van der Waals surface area contributed by atoms with Gasteiger partial charge in [-0.2, -0.15) is 0 Å². The number of carbonyl (C=O) groups excluding carboxylic acids is 1. The lowest BCUT2D eigenvalue weighted by Gasteiger charge is -2.39. The second-order valence-electron chi connectivity index (χ2n) is 12.3. The molecule has 0 spiro atoms. The lowest BCUT2D eigenvalue weighted by molar-refractivity contribution is -0.305. The minimum atomic E-state index is -1.53. The van der Waals surface area contributed by atoms with Crippen LogP contribution in [0, 0.1) is 0 Å². The van der Waals surface area contributed by atoms with Crippen LogP contribution in [0.4, 0.5) is 0 Å². The Hall–Kier alpha value is -1.33. The minimum Gasteiger partial charge on any atom is -0.457 e. The van der Waals surface area contributed by atoms with Gasteiger partial charge in [0.05, 0.1) is 19.8 Å². The van der Waals surface area contributed by atoms with Gasteiger partial charge in [0.2, 0.25) is 0 Å². The molecular formula is C36H66O9. The highest BCUT2D eigenvalue weighted by Crippen LogP contribution is 2.22. The lowest BCUT2D eigenvalue weighted by Crippen LogP contribution is -2.59. The quantitative estimate of drug-likeness (QED) is 0.0421. The third-order valence-electron chi connectivity index (χ3n) is 8.12. The molecule has 6 atom stereocenters. The number of hydrogen-bond donors (Lipinski definition) is 4. The summed E-state index contributed by atoms with van der Waals surface area (Å²) in [5, 5.41) is 39.6. The number of unbranched alkanes of at least 4 members (excludes halogenated alkanes) is 14. The Morgan fingerprint density at radius 2 is 1.29 bits per heavy atom. The van der Waals surface area contributed by atoms with Crippen LogP contribution < -0.4 is 0 Å². The van der Waals surface area contributed by atoms with Gasteiger partial charge in [0.15, 0.2) is 6.29 Å². The first kappa shape index (κ1) is 41.7. The topological polar surface area (TPSA) is 135 Å². The van der Waals surface area contributed by atoms with Gasteiger partial charge < -0.3 is 39.4 Å². The molecule has 1 aliphatic rings. The van der Waals surface area contributed by atoms with Gasteiger partial charge in [-0.15, -0.1) is 0 Å². The van der Waals surface area contributed by atoms with Crippen molar-refractivity contribution in [3.8, 4) is 0 Å². The number of aliphatic hydroxyl groups is 4. The van der Waals surface area contributed by atoms with Crippen molar-refractivity contribution in [1.82, 2.24) is 0 Å². The van der Waals surface area contributed by atoms with Crippen molar-refractivity contribution < 1.29 is 44.2 Å². The Morgan fingerprint density at radius 3 is 1.91 bits per heavy atom. The molecule has 0 aromatic carbocycles. The molecule has 1 saturated heterocycles. The SMILES string of the molecule is CCCCCC/C=C\C/C=C\CCCCCCCCCCOCC(COC1OC(CO)C(O)C(O)C1O)OC(=O)CCCCC. The number of hydrogen-bond acceptors (Lipinski definition) is 9. The van der Waals surface area contributed by atoms with E-state index in [-0.39, 0.29) is 19.2 Å². The molecule has 0 aliphatic carbocycles. The van der Waals surface area contributed by atoms with Crippen molar-refractivity contribution in [2.24, 2.45) is 0 Å². The van der Waals surface area contributed by atoms with Gasteiger partial charge in [-0.25, -0.2) is 0 Å². The van der Waals surface area contributed by atoms with Gasteiger partial charge in [-0.05, 0) is 44.9 Å². The van der Waals surface area contributed by atoms with Crippen molar-refractivity contribution in [2.75, 3.05) is 26.4 Å². The van der Waals surface area contributed by atoms with E-state index >= 15 is 0 Å². The monoisotopic (exact) mass is 642 g/mol. The van der Waals surface area contributed by atoms with E-state index < -0.39 is 43.4 Å². The molecule has 1 heterocycles. The molecule has 0 saturated carbocycles. The molecule has 0 amide bonds. The number of carbonyl (C=O) groups is 1. The third-order valence-corrected chi connectivity index (χ3v) is 8.12. The van der Waals surface area contributed by atoms with Crippen molar-refractivity contribution in [2.45, 2.75) is 173 Å². The maximum atomic E-state index is 12.3. The molecule has 9 nitrogen and oxygen atoms in total. The molecule has 1 fully saturated rings. The fourth-order valence-electron chi connectivity index (χ4n) is 5.23. The van der Waals surface area contributed by atoms with Crippen LogP contribution in [0.3, 0.4) is 0 Å². The lowest BCUT2D eigenvalue weighted by atomic mass is 9.99. The van der Waals surface area contributed by atoms with Crippen molar-refractivity contribution in [3.05, 3.63) is 24.3 Å². The zero-order valence-corrected chi connectivity index (χ0v) is 28.4. The molecule has 6 unspecified atom stereocenters. The third kappa shape index (κ3) is 21.2. The first-order chi connectivity index (χ1) is 21.9. The number of aliphatic hydroxyl groups excluding tert-OH is 4. The fourth-order valence-corrected chi connectivity index (χ4v) is 5.23. The summed E-state index contributed by atoms with van der Waals surface area (Å²) in [4.78, 5) is 12.3. The summed E-state index contributed by atoms with van der Waals surface area (Å²) in [5.74, 6) is -0.342. The summed E-state index contributed by atoms with van der Waals surface area (Å²) >= 11 is 0. The van der Waals surface area contributed by atoms with E-state index in [2.05, 4.69) is 38.2 Å². The van der Waals surface area contributed by atoms with Crippen LogP contribution >= 0.6 is 0 Å². The highest BCUT2D eigenvalue weighted by Gasteiger charge is 2.44. The summed E-state index contributed by atoms with van der Waals surface area (Å²) in [6.07, 6.45) is 22.9. The van der Waals surface area contributed by atoms with Crippen LogP contribution in [0.2, 0.25) is 0 Å². The van der Waals surface area contributed by atoms with Gasteiger partial charge in [-0.3, -0.25) is 4.79 Å². The van der Waals surface area contributed by atoms with E-state index in [1.54, 1.807) is 0 Å². The maximum absolute atomic E-state index is 12.3. The predicted molar refractivity (Wildman–Crippen MR) is 178 cm³/mol. The van der Waals surface area contributed by atoms with E-state index in [1.807, 2.05) is 0 Å². The Labute approximate surface area is 273 Å². The molecular weight excluding hydrogens is 576 g/mol. The summed E-state index contributed by atoms with van der Waals surface area (Å²) < 4.78 is 22.4. The molecule has 264 valence electrons. The molecule has 0 bridgehead atoms. The van der Waals surface area contributed by atoms with Gasteiger partial charge >= 0.3 is 5.97 Å². The molecule has 1 aliphatic heterocycles. The normalized spacial score (nSPS) is 22.8. The Kier molecular flexibility index (Phi) is 26.7. The molecule has 0 aromatic heterocycles. The first-order valence-electron chi connectivity index (χ1n) is 17.9. The number of esters is 1. The zero-order valence-electron chi connectivity index (χ0n) is 28.4. The van der Waals surface area contributed by atoms with Crippen LogP contribution in [0.5, 0.6) is 0 Å². The van der Waals surface area contributed by atoms with E-state index in [0.29, 0.717) is 13.0 Å². The summed E-state index contributed by atoms with van der Waals surface area (Å²) in [6, 6.07) is 0. The molecule has 0 radical (unpaired) electrons. The van der Waals surface area contributed by atoms with E-state index in [0.717, 1.165) is 38.5 Å². The minimum absolute atomic E-state index is 0.117. The molecule has 9 heteroatoms. The number of allylic oxidation sites excluding steroid dienone is 4. The fraction of sp³-hybridized carbons (Fsp3) is 0.861. The number of rotatable bonds is 29. The second kappa shape index (κ2) is 28.9. The van der Waals surface area contributed by atoms with Crippen molar-refractivity contribution >= 4 is 5.97 Å². The highest BCUT2D eigenvalue weighted by atomic mass is 16.7. The average Bonchev–Trinajstić information content (AvgIpc) is 3.04. The van der Waals surface area contributed by atoms with Gasteiger partial charge in [0.1, 0.15) is 30.5 Å². The summed E-state index contributed by atoms with van der Waals surface area (Å²) in [6.45, 7) is 4.34. The first-order valence-corrected chi connectivity index (χ1v) is 17.9. The number of ether oxygens (including phenoxy) is 4. The van der Waals surface area contributed by atoms with Gasteiger partial charge in [0.25, 0.3) is 0 Å². The summed E-state index contributed by atoms with van der Waals surface area (Å²) in [7, 11) is 0. The Bertz CT molecular complexity index is 742. The largest absolute Gasteiger partial charge is 0.457 e. The zero-order chi connectivity index (χ0) is 33.0. The van der Waals surface area contributed by atoms with Crippen LogP contribution in [-0.4, -0.2) is 89.6 Å². The van der Waals surface area contributed by atoms with Crippen LogP contribution in [0.15, 0.2) is 24.3 Å². The Balaban J connectivity index is 2.17. The molecule has 4 N–H and O–H groups in total. The van der Waals surface area contributed by atoms with Crippen LogP contribution in [-0.2, 0) is 23.7 Å². The van der Waals surface area contributed by atoms with E-state index in [4.69, 9.17) is 18.9 Å². The molecule has 0 aromatic rings. The van der Waals surface area contributed by atoms with Crippen LogP contribution in [0.1, 0.15) is 136 Å². The van der Waals surface area contributed by atoms with Crippen molar-refractivity contribution in [1.29, 1.82) is 0 Å². The van der Waals surface area contributed by atoms with Crippen LogP contribution in [0.25, 0.3) is 0 Å². The standard InChI is InChI=1S/C36H66O9/c1-3-5-7-8-9-10-11-12-13-14-15-16-17-18-19-20-21-22-24-26-42-28-30(44-32(38)25-23-6-4-2)29-43-36-35(41)34(40)33(39)31(27-37)45-36/h10-11,13-14,30-31,33-37,39-41H,3-9,12,15-29H2,1-2H3/b11-10-,14-13-.